The van der Waals surface area contributed by atoms with Gasteiger partial charge in [-0.25, -0.2) is 4.39 Å². The first-order valence-electron chi connectivity index (χ1n) is 11.7. The van der Waals surface area contributed by atoms with Crippen LogP contribution in [0, 0.1) is 11.7 Å². The molecule has 2 N–H and O–H groups in total. The van der Waals surface area contributed by atoms with E-state index in [1.165, 1.54) is 11.6 Å². The van der Waals surface area contributed by atoms with Crippen LogP contribution in [0.15, 0.2) is 59.6 Å². The first-order chi connectivity index (χ1) is 15.6. The fraction of sp³-hybridized carbons (Fsp3) is 0.462. The number of hydrogen-bond acceptors (Lipinski definition) is 2. The van der Waals surface area contributed by atoms with Crippen molar-refractivity contribution in [2.75, 3.05) is 32.7 Å². The minimum absolute atomic E-state index is 0.0397. The van der Waals surface area contributed by atoms with Crippen LogP contribution in [0.3, 0.4) is 0 Å². The third kappa shape index (κ3) is 5.67. The summed E-state index contributed by atoms with van der Waals surface area (Å²) in [5.41, 5.74) is 2.26. The van der Waals surface area contributed by atoms with E-state index in [1.54, 1.807) is 12.1 Å². The normalized spacial score (nSPS) is 19.8. The molecule has 1 amide bonds. The topological polar surface area (TPSA) is 56.7 Å². The van der Waals surface area contributed by atoms with E-state index in [1.807, 2.05) is 36.1 Å². The van der Waals surface area contributed by atoms with Gasteiger partial charge in [0.2, 0.25) is 5.91 Å². The van der Waals surface area contributed by atoms with Gasteiger partial charge in [0, 0.05) is 43.9 Å². The lowest BCUT2D eigenvalue weighted by atomic mass is 9.96. The maximum Gasteiger partial charge on any atom is 0.223 e. The van der Waals surface area contributed by atoms with Crippen LogP contribution in [0.2, 0.25) is 0 Å². The molecule has 2 fully saturated rings. The number of nitrogens with zero attached hydrogens (tertiary/aromatic N) is 2. The Labute approximate surface area is 190 Å². The zero-order valence-electron chi connectivity index (χ0n) is 18.8. The van der Waals surface area contributed by atoms with Crippen molar-refractivity contribution in [3.63, 3.8) is 0 Å². The van der Waals surface area contributed by atoms with E-state index in [2.05, 4.69) is 22.8 Å². The number of aliphatic imine (C=N–C) groups is 1. The number of halogens is 1. The summed E-state index contributed by atoms with van der Waals surface area (Å²) in [6.07, 6.45) is 3.53. The Bertz CT molecular complexity index is 942. The molecule has 170 valence electrons. The molecule has 2 aromatic carbocycles. The monoisotopic (exact) mass is 436 g/mol. The van der Waals surface area contributed by atoms with Crippen LogP contribution >= 0.6 is 0 Å². The second-order valence-corrected chi connectivity index (χ2v) is 9.01. The summed E-state index contributed by atoms with van der Waals surface area (Å²) in [5.74, 6) is 1.09. The lowest BCUT2D eigenvalue weighted by Gasteiger charge is -2.19. The van der Waals surface area contributed by atoms with Gasteiger partial charge in [-0.3, -0.25) is 9.79 Å². The Morgan fingerprint density at radius 1 is 1.16 bits per heavy atom. The van der Waals surface area contributed by atoms with Crippen molar-refractivity contribution < 1.29 is 9.18 Å². The van der Waals surface area contributed by atoms with Crippen molar-refractivity contribution in [2.24, 2.45) is 10.9 Å². The summed E-state index contributed by atoms with van der Waals surface area (Å²) in [7, 11) is 0. The molecule has 1 saturated carbocycles. The fourth-order valence-electron chi connectivity index (χ4n) is 4.44. The number of rotatable bonds is 9. The van der Waals surface area contributed by atoms with Crippen molar-refractivity contribution >= 4 is 11.9 Å². The van der Waals surface area contributed by atoms with Gasteiger partial charge < -0.3 is 15.5 Å². The minimum atomic E-state index is -0.189. The molecule has 4 rings (SSSR count). The van der Waals surface area contributed by atoms with E-state index in [0.717, 1.165) is 50.4 Å². The van der Waals surface area contributed by atoms with Crippen molar-refractivity contribution in [2.45, 2.75) is 38.0 Å². The number of nitrogens with one attached hydrogen (secondary N) is 2. The van der Waals surface area contributed by atoms with Crippen molar-refractivity contribution in [1.82, 2.24) is 15.5 Å². The molecular formula is C26H33FN4O. The molecule has 0 aromatic heterocycles. The second-order valence-electron chi connectivity index (χ2n) is 9.01. The molecule has 5 nitrogen and oxygen atoms in total. The highest BCUT2D eigenvalue weighted by molar-refractivity contribution is 5.81. The molecule has 32 heavy (non-hydrogen) atoms. The van der Waals surface area contributed by atoms with Gasteiger partial charge in [-0.2, -0.15) is 0 Å². The highest BCUT2D eigenvalue weighted by Crippen LogP contribution is 2.48. The molecule has 1 atom stereocenters. The van der Waals surface area contributed by atoms with Crippen molar-refractivity contribution in [3.8, 4) is 0 Å². The van der Waals surface area contributed by atoms with E-state index < -0.39 is 0 Å². The quantitative estimate of drug-likeness (QED) is 0.467. The van der Waals surface area contributed by atoms with Crippen LogP contribution in [0.5, 0.6) is 0 Å². The molecule has 0 bridgehead atoms. The Hall–Kier alpha value is -2.89. The number of carbonyl (C=O) groups is 1. The SMILES string of the molecule is CCNC(=NCC1(c2cccc(F)c2)CC1)NCC1CC(=O)N(CCc2ccccc2)C1. The Balaban J connectivity index is 1.28. The van der Waals surface area contributed by atoms with Crippen LogP contribution in [0.1, 0.15) is 37.3 Å². The number of amides is 1. The lowest BCUT2D eigenvalue weighted by Crippen LogP contribution is -2.41. The smallest absolute Gasteiger partial charge is 0.223 e. The van der Waals surface area contributed by atoms with Gasteiger partial charge in [0.25, 0.3) is 0 Å². The lowest BCUT2D eigenvalue weighted by molar-refractivity contribution is -0.127. The summed E-state index contributed by atoms with van der Waals surface area (Å²) in [6.45, 7) is 5.71. The van der Waals surface area contributed by atoms with Crippen LogP contribution in [0.4, 0.5) is 4.39 Å². The number of guanidine groups is 1. The Morgan fingerprint density at radius 2 is 1.97 bits per heavy atom. The molecule has 1 unspecified atom stereocenters. The molecule has 1 saturated heterocycles. The molecule has 2 aliphatic rings. The summed E-state index contributed by atoms with van der Waals surface area (Å²) < 4.78 is 13.7. The third-order valence-corrected chi connectivity index (χ3v) is 6.54. The van der Waals surface area contributed by atoms with E-state index >= 15 is 0 Å². The summed E-state index contributed by atoms with van der Waals surface area (Å²) in [4.78, 5) is 19.2. The van der Waals surface area contributed by atoms with Gasteiger partial charge in [-0.15, -0.1) is 0 Å². The maximum absolute atomic E-state index is 13.7. The summed E-state index contributed by atoms with van der Waals surface area (Å²) >= 11 is 0. The van der Waals surface area contributed by atoms with Crippen LogP contribution in [-0.4, -0.2) is 49.5 Å². The molecule has 6 heteroatoms. The average Bonchev–Trinajstić information content (AvgIpc) is 3.51. The number of benzene rings is 2. The fourth-order valence-corrected chi connectivity index (χ4v) is 4.44. The average molecular weight is 437 g/mol. The number of carbonyl (C=O) groups excluding carboxylic acids is 1. The standard InChI is InChI=1S/C26H33FN4O/c1-2-28-25(30-19-26(12-13-26)22-9-6-10-23(27)16-22)29-17-21-15-24(32)31(18-21)14-11-20-7-4-3-5-8-20/h3-10,16,21H,2,11-15,17-19H2,1H3,(H2,28,29,30). The zero-order valence-corrected chi connectivity index (χ0v) is 18.8. The van der Waals surface area contributed by atoms with Crippen LogP contribution < -0.4 is 10.6 Å². The molecule has 1 aliphatic carbocycles. The van der Waals surface area contributed by atoms with Crippen molar-refractivity contribution in [3.05, 3.63) is 71.5 Å². The van der Waals surface area contributed by atoms with E-state index in [0.29, 0.717) is 19.5 Å². The molecular weight excluding hydrogens is 403 g/mol. The van der Waals surface area contributed by atoms with Crippen LogP contribution in [-0.2, 0) is 16.6 Å². The molecule has 1 aliphatic heterocycles. The van der Waals surface area contributed by atoms with E-state index in [-0.39, 0.29) is 23.1 Å². The Morgan fingerprint density at radius 3 is 2.69 bits per heavy atom. The number of likely N-dealkylation sites (tertiary alicyclic amines) is 1. The summed E-state index contributed by atoms with van der Waals surface area (Å²) in [6, 6.07) is 17.2. The highest BCUT2D eigenvalue weighted by Gasteiger charge is 2.44. The molecule has 0 radical (unpaired) electrons. The van der Waals surface area contributed by atoms with Crippen molar-refractivity contribution in [1.29, 1.82) is 0 Å². The Kier molecular flexibility index (Phi) is 7.08. The minimum Gasteiger partial charge on any atom is -0.357 e. The van der Waals surface area contributed by atoms with Gasteiger partial charge in [-0.1, -0.05) is 42.5 Å². The second kappa shape index (κ2) is 10.2. The highest BCUT2D eigenvalue weighted by atomic mass is 19.1. The van der Waals surface area contributed by atoms with Gasteiger partial charge in [0.1, 0.15) is 5.82 Å². The van der Waals surface area contributed by atoms with Gasteiger partial charge in [-0.05, 0) is 49.4 Å². The number of hydrogen-bond donors (Lipinski definition) is 2. The van der Waals surface area contributed by atoms with Gasteiger partial charge >= 0.3 is 0 Å². The van der Waals surface area contributed by atoms with Gasteiger partial charge in [0.05, 0.1) is 6.54 Å². The zero-order chi connectivity index (χ0) is 22.4. The predicted octanol–water partition coefficient (Wildman–Crippen LogP) is 3.50. The van der Waals surface area contributed by atoms with Gasteiger partial charge in [0.15, 0.2) is 5.96 Å². The molecule has 1 heterocycles. The maximum atomic E-state index is 13.7. The first-order valence-corrected chi connectivity index (χ1v) is 11.7. The summed E-state index contributed by atoms with van der Waals surface area (Å²) in [5, 5.41) is 6.73. The van der Waals surface area contributed by atoms with E-state index in [9.17, 15) is 9.18 Å². The predicted molar refractivity (Wildman–Crippen MR) is 126 cm³/mol. The first kappa shape index (κ1) is 22.3. The molecule has 0 spiro atoms. The third-order valence-electron chi connectivity index (χ3n) is 6.54. The molecule has 2 aromatic rings. The van der Waals surface area contributed by atoms with E-state index in [4.69, 9.17) is 4.99 Å². The largest absolute Gasteiger partial charge is 0.357 e. The van der Waals surface area contributed by atoms with Crippen LogP contribution in [0.25, 0.3) is 0 Å².